The zero-order chi connectivity index (χ0) is 21.5. The number of nitrogens with one attached hydrogen (secondary N) is 1. The largest absolute Gasteiger partial charge is 0.436 e. The van der Waals surface area contributed by atoms with Crippen LogP contribution in [-0.4, -0.2) is 48.7 Å². The molecule has 1 amide bonds. The van der Waals surface area contributed by atoms with Crippen LogP contribution in [0.4, 0.5) is 5.82 Å². The quantitative estimate of drug-likeness (QED) is 0.631. The zero-order valence-electron chi connectivity index (χ0n) is 17.5. The Kier molecular flexibility index (Phi) is 6.74. The first-order chi connectivity index (χ1) is 15.2. The molecule has 1 unspecified atom stereocenters. The van der Waals surface area contributed by atoms with Crippen molar-refractivity contribution in [3.63, 3.8) is 0 Å². The lowest BCUT2D eigenvalue weighted by molar-refractivity contribution is 0.0951. The number of rotatable bonds is 7. The maximum absolute atomic E-state index is 12.5. The van der Waals surface area contributed by atoms with Gasteiger partial charge in [0.2, 0.25) is 0 Å². The molecule has 2 aromatic carbocycles. The Bertz CT molecular complexity index is 989. The van der Waals surface area contributed by atoms with Crippen molar-refractivity contribution in [2.45, 2.75) is 12.8 Å². The van der Waals surface area contributed by atoms with E-state index in [9.17, 15) is 4.79 Å². The van der Waals surface area contributed by atoms with Gasteiger partial charge in [-0.15, -0.1) is 0 Å². The van der Waals surface area contributed by atoms with Gasteiger partial charge in [-0.1, -0.05) is 37.3 Å². The predicted octanol–water partition coefficient (Wildman–Crippen LogP) is 3.64. The molecule has 7 heteroatoms. The molecule has 1 saturated heterocycles. The number of carbonyl (C=O) groups is 1. The summed E-state index contributed by atoms with van der Waals surface area (Å²) < 4.78 is 11.4. The summed E-state index contributed by atoms with van der Waals surface area (Å²) in [7, 11) is 0. The number of aromatic nitrogens is 2. The molecule has 0 saturated carbocycles. The summed E-state index contributed by atoms with van der Waals surface area (Å²) in [5, 5.41) is 3.00. The predicted molar refractivity (Wildman–Crippen MR) is 119 cm³/mol. The number of amides is 1. The van der Waals surface area contributed by atoms with Gasteiger partial charge in [-0.05, 0) is 35.7 Å². The van der Waals surface area contributed by atoms with Gasteiger partial charge < -0.3 is 19.7 Å². The standard InChI is InChI=1S/C24H26N4O3/c1-18(19-5-3-2-4-6-19)17-27-23(29)20-7-9-21(10-8-20)31-24-22(25-11-12-26-24)28-13-15-30-16-14-28/h2-12,18H,13-17H2,1H3,(H,27,29). The summed E-state index contributed by atoms with van der Waals surface area (Å²) in [4.78, 5) is 23.4. The van der Waals surface area contributed by atoms with Gasteiger partial charge in [-0.25, -0.2) is 9.97 Å². The first-order valence-corrected chi connectivity index (χ1v) is 10.5. The molecule has 0 aliphatic carbocycles. The third kappa shape index (κ3) is 5.38. The molecule has 3 aromatic rings. The first-order valence-electron chi connectivity index (χ1n) is 10.5. The molecular formula is C24H26N4O3. The fraction of sp³-hybridized carbons (Fsp3) is 0.292. The van der Waals surface area contributed by atoms with Crippen molar-refractivity contribution < 1.29 is 14.3 Å². The van der Waals surface area contributed by atoms with E-state index >= 15 is 0 Å². The summed E-state index contributed by atoms with van der Waals surface area (Å²) in [6.07, 6.45) is 3.26. The van der Waals surface area contributed by atoms with Crippen LogP contribution in [0, 0.1) is 0 Å². The van der Waals surface area contributed by atoms with Gasteiger partial charge in [0, 0.05) is 37.6 Å². The van der Waals surface area contributed by atoms with E-state index in [0.717, 1.165) is 13.1 Å². The Hall–Kier alpha value is -3.45. The summed E-state index contributed by atoms with van der Waals surface area (Å²) in [5.41, 5.74) is 1.78. The molecule has 1 aliphatic heterocycles. The SMILES string of the molecule is CC(CNC(=O)c1ccc(Oc2nccnc2N2CCOCC2)cc1)c1ccccc1. The lowest BCUT2D eigenvalue weighted by Crippen LogP contribution is -2.37. The molecule has 1 fully saturated rings. The normalized spacial score (nSPS) is 14.7. The van der Waals surface area contributed by atoms with Crippen LogP contribution in [-0.2, 0) is 4.74 Å². The Morgan fingerprint density at radius 3 is 2.52 bits per heavy atom. The summed E-state index contributed by atoms with van der Waals surface area (Å²) in [6.45, 7) is 5.47. The van der Waals surface area contributed by atoms with Crippen molar-refractivity contribution in [1.29, 1.82) is 0 Å². The number of benzene rings is 2. The van der Waals surface area contributed by atoms with Gasteiger partial charge in [-0.3, -0.25) is 4.79 Å². The number of ether oxygens (including phenoxy) is 2. The fourth-order valence-electron chi connectivity index (χ4n) is 3.42. The van der Waals surface area contributed by atoms with Gasteiger partial charge >= 0.3 is 0 Å². The van der Waals surface area contributed by atoms with Crippen LogP contribution in [0.1, 0.15) is 28.8 Å². The average Bonchev–Trinajstić information content (AvgIpc) is 2.84. The van der Waals surface area contributed by atoms with E-state index in [1.165, 1.54) is 5.56 Å². The minimum Gasteiger partial charge on any atom is -0.436 e. The minimum absolute atomic E-state index is 0.108. The van der Waals surface area contributed by atoms with Crippen LogP contribution in [0.3, 0.4) is 0 Å². The topological polar surface area (TPSA) is 76.6 Å². The highest BCUT2D eigenvalue weighted by molar-refractivity contribution is 5.94. The van der Waals surface area contributed by atoms with E-state index in [1.807, 2.05) is 18.2 Å². The average molecular weight is 418 g/mol. The number of hydrogen-bond acceptors (Lipinski definition) is 6. The van der Waals surface area contributed by atoms with Crippen molar-refractivity contribution in [2.75, 3.05) is 37.7 Å². The molecule has 1 aromatic heterocycles. The molecule has 31 heavy (non-hydrogen) atoms. The number of morpholine rings is 1. The van der Waals surface area contributed by atoms with E-state index in [-0.39, 0.29) is 11.8 Å². The van der Waals surface area contributed by atoms with E-state index in [0.29, 0.717) is 42.8 Å². The monoisotopic (exact) mass is 418 g/mol. The van der Waals surface area contributed by atoms with Crippen LogP contribution >= 0.6 is 0 Å². The molecule has 1 aliphatic rings. The summed E-state index contributed by atoms with van der Waals surface area (Å²) in [6, 6.07) is 17.2. The van der Waals surface area contributed by atoms with Crippen LogP contribution < -0.4 is 15.0 Å². The second kappa shape index (κ2) is 10.0. The van der Waals surface area contributed by atoms with E-state index in [1.54, 1.807) is 36.7 Å². The lowest BCUT2D eigenvalue weighted by Gasteiger charge is -2.28. The molecule has 1 N–H and O–H groups in total. The Morgan fingerprint density at radius 1 is 1.06 bits per heavy atom. The Labute approximate surface area is 182 Å². The van der Waals surface area contributed by atoms with E-state index in [4.69, 9.17) is 9.47 Å². The van der Waals surface area contributed by atoms with Crippen molar-refractivity contribution in [3.8, 4) is 11.6 Å². The van der Waals surface area contributed by atoms with Gasteiger partial charge in [0.1, 0.15) is 5.75 Å². The molecule has 0 bridgehead atoms. The molecule has 2 heterocycles. The number of nitrogens with zero attached hydrogens (tertiary/aromatic N) is 3. The van der Waals surface area contributed by atoms with Crippen molar-refractivity contribution in [3.05, 3.63) is 78.1 Å². The molecule has 0 radical (unpaired) electrons. The maximum atomic E-state index is 12.5. The van der Waals surface area contributed by atoms with Crippen molar-refractivity contribution in [1.82, 2.24) is 15.3 Å². The molecule has 4 rings (SSSR count). The molecule has 7 nitrogen and oxygen atoms in total. The third-order valence-electron chi connectivity index (χ3n) is 5.23. The van der Waals surface area contributed by atoms with Gasteiger partial charge in [0.15, 0.2) is 5.82 Å². The summed E-state index contributed by atoms with van der Waals surface area (Å²) in [5.74, 6) is 1.87. The van der Waals surface area contributed by atoms with Crippen LogP contribution in [0.25, 0.3) is 0 Å². The van der Waals surface area contributed by atoms with Crippen molar-refractivity contribution >= 4 is 11.7 Å². The van der Waals surface area contributed by atoms with Crippen molar-refractivity contribution in [2.24, 2.45) is 0 Å². The number of anilines is 1. The smallest absolute Gasteiger partial charge is 0.263 e. The Balaban J connectivity index is 1.37. The first kappa shape index (κ1) is 20.8. The van der Waals surface area contributed by atoms with E-state index in [2.05, 4.69) is 39.2 Å². The van der Waals surface area contributed by atoms with Crippen LogP contribution in [0.2, 0.25) is 0 Å². The second-order valence-corrected chi connectivity index (χ2v) is 7.43. The fourth-order valence-corrected chi connectivity index (χ4v) is 3.42. The Morgan fingerprint density at radius 2 is 1.77 bits per heavy atom. The number of carbonyl (C=O) groups excluding carboxylic acids is 1. The highest BCUT2D eigenvalue weighted by Gasteiger charge is 2.18. The minimum atomic E-state index is -0.108. The van der Waals surface area contributed by atoms with Gasteiger partial charge in [0.05, 0.1) is 13.2 Å². The summed E-state index contributed by atoms with van der Waals surface area (Å²) >= 11 is 0. The van der Waals surface area contributed by atoms with E-state index < -0.39 is 0 Å². The van der Waals surface area contributed by atoms with Crippen LogP contribution in [0.5, 0.6) is 11.6 Å². The molecular weight excluding hydrogens is 392 g/mol. The number of hydrogen-bond donors (Lipinski definition) is 1. The highest BCUT2D eigenvalue weighted by atomic mass is 16.5. The molecule has 0 spiro atoms. The maximum Gasteiger partial charge on any atom is 0.263 e. The zero-order valence-corrected chi connectivity index (χ0v) is 17.5. The molecule has 160 valence electrons. The van der Waals surface area contributed by atoms with Gasteiger partial charge in [-0.2, -0.15) is 0 Å². The van der Waals surface area contributed by atoms with Gasteiger partial charge in [0.25, 0.3) is 11.8 Å². The van der Waals surface area contributed by atoms with Crippen LogP contribution in [0.15, 0.2) is 67.0 Å². The molecule has 1 atom stereocenters. The lowest BCUT2D eigenvalue weighted by atomic mass is 10.0. The second-order valence-electron chi connectivity index (χ2n) is 7.43. The highest BCUT2D eigenvalue weighted by Crippen LogP contribution is 2.28. The third-order valence-corrected chi connectivity index (χ3v) is 5.23.